The molecule has 0 radical (unpaired) electrons. The van der Waals surface area contributed by atoms with Gasteiger partial charge in [-0.25, -0.2) is 0 Å². The molecule has 6 atom stereocenters. The number of hydrogen-bond donors (Lipinski definition) is 0. The lowest BCUT2D eigenvalue weighted by Crippen LogP contribution is -2.48. The van der Waals surface area contributed by atoms with Gasteiger partial charge in [0.25, 0.3) is 0 Å². The average Bonchev–Trinajstić information content (AvgIpc) is 3.09. The van der Waals surface area contributed by atoms with E-state index in [9.17, 15) is 9.59 Å². The van der Waals surface area contributed by atoms with Crippen LogP contribution in [0.15, 0.2) is 11.6 Å². The van der Waals surface area contributed by atoms with Crippen molar-refractivity contribution < 1.29 is 14.3 Å². The molecule has 0 aromatic carbocycles. The molecule has 4 aliphatic rings. The SMILES string of the molecule is CCCCCCCCCC(=O)O[C@H]1CC[C@@H]2[C@@H]3CCC4=CC(=O)CC[C@H]4[C@@H]3CC[C@]12C. The Morgan fingerprint density at radius 2 is 1.74 bits per heavy atom. The zero-order chi connectivity index (χ0) is 21.8. The maximum Gasteiger partial charge on any atom is 0.306 e. The van der Waals surface area contributed by atoms with E-state index in [1.165, 1.54) is 63.4 Å². The van der Waals surface area contributed by atoms with Crippen molar-refractivity contribution in [1.29, 1.82) is 0 Å². The molecule has 0 N–H and O–H groups in total. The van der Waals surface area contributed by atoms with E-state index in [1.807, 2.05) is 6.08 Å². The van der Waals surface area contributed by atoms with Gasteiger partial charge in [-0.2, -0.15) is 0 Å². The van der Waals surface area contributed by atoms with Crippen LogP contribution in [0.5, 0.6) is 0 Å². The van der Waals surface area contributed by atoms with E-state index in [0.717, 1.165) is 50.4 Å². The van der Waals surface area contributed by atoms with Crippen molar-refractivity contribution in [2.45, 2.75) is 123 Å². The second kappa shape index (κ2) is 10.2. The van der Waals surface area contributed by atoms with Crippen LogP contribution >= 0.6 is 0 Å². The molecule has 0 spiro atoms. The molecule has 31 heavy (non-hydrogen) atoms. The fraction of sp³-hybridized carbons (Fsp3) is 0.857. The van der Waals surface area contributed by atoms with Crippen molar-refractivity contribution in [2.75, 3.05) is 0 Å². The van der Waals surface area contributed by atoms with Gasteiger partial charge in [0.15, 0.2) is 5.78 Å². The van der Waals surface area contributed by atoms with Crippen LogP contribution in [0.2, 0.25) is 0 Å². The zero-order valence-electron chi connectivity index (χ0n) is 20.0. The van der Waals surface area contributed by atoms with E-state index in [-0.39, 0.29) is 17.5 Å². The molecule has 0 unspecified atom stereocenters. The summed E-state index contributed by atoms with van der Waals surface area (Å²) in [6.45, 7) is 4.67. The summed E-state index contributed by atoms with van der Waals surface area (Å²) in [6, 6.07) is 0. The third-order valence-electron chi connectivity index (χ3n) is 9.47. The summed E-state index contributed by atoms with van der Waals surface area (Å²) in [5.74, 6) is 3.26. The average molecular weight is 429 g/mol. The minimum Gasteiger partial charge on any atom is -0.462 e. The molecule has 0 saturated heterocycles. The molecule has 174 valence electrons. The van der Waals surface area contributed by atoms with Crippen molar-refractivity contribution in [3.8, 4) is 0 Å². The summed E-state index contributed by atoms with van der Waals surface area (Å²) in [5.41, 5.74) is 1.62. The number of fused-ring (bicyclic) bond motifs is 5. The molecule has 0 amide bonds. The van der Waals surface area contributed by atoms with E-state index < -0.39 is 0 Å². The number of ketones is 1. The Kier molecular flexibility index (Phi) is 7.60. The van der Waals surface area contributed by atoms with Crippen LogP contribution in [0.3, 0.4) is 0 Å². The fourth-order valence-corrected chi connectivity index (χ4v) is 7.77. The predicted molar refractivity (Wildman–Crippen MR) is 125 cm³/mol. The summed E-state index contributed by atoms with van der Waals surface area (Å²) in [7, 11) is 0. The number of carbonyl (C=O) groups is 2. The predicted octanol–water partition coefficient (Wildman–Crippen LogP) is 7.18. The normalized spacial score (nSPS) is 36.9. The fourth-order valence-electron chi connectivity index (χ4n) is 7.77. The highest BCUT2D eigenvalue weighted by Crippen LogP contribution is 2.62. The Bertz CT molecular complexity index is 680. The van der Waals surface area contributed by atoms with Gasteiger partial charge < -0.3 is 4.74 Å². The molecule has 0 aromatic rings. The van der Waals surface area contributed by atoms with Crippen LogP contribution in [0.4, 0.5) is 0 Å². The first-order valence-electron chi connectivity index (χ1n) is 13.5. The number of allylic oxidation sites excluding steroid dienone is 1. The van der Waals surface area contributed by atoms with Crippen LogP contribution in [0, 0.1) is 29.1 Å². The first kappa shape index (κ1) is 23.1. The summed E-state index contributed by atoms with van der Waals surface area (Å²) < 4.78 is 6.13. The molecule has 3 saturated carbocycles. The standard InChI is InChI=1S/C28H44O3/c1-3-4-5-6-7-8-9-10-27(30)31-26-16-15-25-24-13-11-20-19-21(29)12-14-22(20)23(24)17-18-28(25,26)2/h19,22-26H,3-18H2,1-2H3/t22-,23+,24-,25-,26+,28+/m1/s1. The number of carbonyl (C=O) groups excluding carboxylic acids is 2. The van der Waals surface area contributed by atoms with E-state index in [4.69, 9.17) is 4.74 Å². The molecule has 4 aliphatic carbocycles. The quantitative estimate of drug-likeness (QED) is 0.288. The van der Waals surface area contributed by atoms with Gasteiger partial charge in [0.2, 0.25) is 0 Å². The van der Waals surface area contributed by atoms with Crippen molar-refractivity contribution >= 4 is 11.8 Å². The lowest BCUT2D eigenvalue weighted by molar-refractivity contribution is -0.159. The molecule has 0 aromatic heterocycles. The van der Waals surface area contributed by atoms with Gasteiger partial charge in [-0.1, -0.05) is 57.9 Å². The number of esters is 1. The van der Waals surface area contributed by atoms with Crippen molar-refractivity contribution in [3.63, 3.8) is 0 Å². The molecular formula is C28H44O3. The highest BCUT2D eigenvalue weighted by Gasteiger charge is 2.57. The van der Waals surface area contributed by atoms with E-state index in [1.54, 1.807) is 0 Å². The molecule has 3 fully saturated rings. The summed E-state index contributed by atoms with van der Waals surface area (Å²) in [6.07, 6.45) is 20.3. The molecule has 0 bridgehead atoms. The minimum atomic E-state index is 0.0437. The maximum atomic E-state index is 12.6. The second-order valence-corrected chi connectivity index (χ2v) is 11.3. The van der Waals surface area contributed by atoms with Crippen LogP contribution < -0.4 is 0 Å². The summed E-state index contributed by atoms with van der Waals surface area (Å²) >= 11 is 0. The number of unbranched alkanes of at least 4 members (excludes halogenated alkanes) is 6. The maximum absolute atomic E-state index is 12.6. The van der Waals surface area contributed by atoms with Crippen LogP contribution in [-0.2, 0) is 14.3 Å². The van der Waals surface area contributed by atoms with Gasteiger partial charge in [0.05, 0.1) is 0 Å². The Hall–Kier alpha value is -1.12. The van der Waals surface area contributed by atoms with Crippen molar-refractivity contribution in [2.24, 2.45) is 29.1 Å². The Labute approximate surface area is 189 Å². The molecular weight excluding hydrogens is 384 g/mol. The Morgan fingerprint density at radius 3 is 2.55 bits per heavy atom. The molecule has 0 aliphatic heterocycles. The lowest BCUT2D eigenvalue weighted by Gasteiger charge is -2.53. The second-order valence-electron chi connectivity index (χ2n) is 11.3. The van der Waals surface area contributed by atoms with Gasteiger partial charge in [0.1, 0.15) is 6.10 Å². The van der Waals surface area contributed by atoms with Crippen LogP contribution in [0.25, 0.3) is 0 Å². The zero-order valence-corrected chi connectivity index (χ0v) is 20.0. The molecule has 3 nitrogen and oxygen atoms in total. The number of rotatable bonds is 9. The van der Waals surface area contributed by atoms with Crippen LogP contribution in [-0.4, -0.2) is 17.9 Å². The van der Waals surface area contributed by atoms with E-state index >= 15 is 0 Å². The highest BCUT2D eigenvalue weighted by atomic mass is 16.5. The minimum absolute atomic E-state index is 0.0437. The smallest absolute Gasteiger partial charge is 0.306 e. The third-order valence-corrected chi connectivity index (χ3v) is 9.47. The molecule has 4 rings (SSSR count). The molecule has 3 heteroatoms. The Balaban J connectivity index is 1.27. The van der Waals surface area contributed by atoms with E-state index in [0.29, 0.717) is 24.0 Å². The first-order valence-corrected chi connectivity index (χ1v) is 13.5. The van der Waals surface area contributed by atoms with Gasteiger partial charge in [-0.3, -0.25) is 9.59 Å². The van der Waals surface area contributed by atoms with Gasteiger partial charge in [-0.15, -0.1) is 0 Å². The van der Waals surface area contributed by atoms with E-state index in [2.05, 4.69) is 13.8 Å². The third kappa shape index (κ3) is 4.96. The molecule has 0 heterocycles. The first-order chi connectivity index (χ1) is 15.0. The lowest BCUT2D eigenvalue weighted by atomic mass is 9.52. The monoisotopic (exact) mass is 428 g/mol. The van der Waals surface area contributed by atoms with Gasteiger partial charge >= 0.3 is 5.97 Å². The van der Waals surface area contributed by atoms with Gasteiger partial charge in [0, 0.05) is 18.3 Å². The number of ether oxygens (including phenoxy) is 1. The highest BCUT2D eigenvalue weighted by molar-refractivity contribution is 5.91. The number of hydrogen-bond acceptors (Lipinski definition) is 3. The topological polar surface area (TPSA) is 43.4 Å². The summed E-state index contributed by atoms with van der Waals surface area (Å²) in [5, 5.41) is 0. The Morgan fingerprint density at radius 1 is 0.968 bits per heavy atom. The largest absolute Gasteiger partial charge is 0.462 e. The van der Waals surface area contributed by atoms with Crippen molar-refractivity contribution in [1.82, 2.24) is 0 Å². The van der Waals surface area contributed by atoms with Crippen molar-refractivity contribution in [3.05, 3.63) is 11.6 Å². The summed E-state index contributed by atoms with van der Waals surface area (Å²) in [4.78, 5) is 24.5. The van der Waals surface area contributed by atoms with Crippen LogP contribution in [0.1, 0.15) is 117 Å². The van der Waals surface area contributed by atoms with Gasteiger partial charge in [-0.05, 0) is 81.1 Å².